The van der Waals surface area contributed by atoms with Gasteiger partial charge in [-0.15, -0.1) is 0 Å². The van der Waals surface area contributed by atoms with Gasteiger partial charge in [0, 0.05) is 24.7 Å². The van der Waals surface area contributed by atoms with Crippen LogP contribution >= 0.6 is 0 Å². The molecule has 2 aromatic rings. The molecule has 5 heteroatoms. The average molecular weight is 387 g/mol. The number of likely N-dealkylation sites (N-methyl/N-ethyl adjacent to an activating group) is 1. The molecule has 154 valence electrons. The molecule has 0 amide bonds. The summed E-state index contributed by atoms with van der Waals surface area (Å²) in [6, 6.07) is 12.6. The molecule has 0 radical (unpaired) electrons. The molecule has 0 spiro atoms. The Hall–Kier alpha value is -1.82. The SMILES string of the molecule is Cc1ccc(CNCc2ccccc2OC[C@H](O)CN(C)C2CCCCC2)o1. The van der Waals surface area contributed by atoms with Gasteiger partial charge in [-0.3, -0.25) is 0 Å². The third kappa shape index (κ3) is 6.36. The molecular formula is C23H34N2O3. The van der Waals surface area contributed by atoms with Crippen molar-refractivity contribution in [3.05, 3.63) is 53.5 Å². The number of benzene rings is 1. The van der Waals surface area contributed by atoms with Crippen molar-refractivity contribution < 1.29 is 14.3 Å². The second-order valence-corrected chi connectivity index (χ2v) is 7.92. The summed E-state index contributed by atoms with van der Waals surface area (Å²) >= 11 is 0. The fourth-order valence-electron chi connectivity index (χ4n) is 3.93. The van der Waals surface area contributed by atoms with Crippen LogP contribution in [-0.4, -0.2) is 42.4 Å². The highest BCUT2D eigenvalue weighted by molar-refractivity contribution is 5.33. The summed E-state index contributed by atoms with van der Waals surface area (Å²) in [7, 11) is 2.12. The van der Waals surface area contributed by atoms with Crippen LogP contribution in [0.2, 0.25) is 0 Å². The van der Waals surface area contributed by atoms with Crippen molar-refractivity contribution in [3.63, 3.8) is 0 Å². The van der Waals surface area contributed by atoms with Gasteiger partial charge in [0.25, 0.3) is 0 Å². The van der Waals surface area contributed by atoms with Crippen molar-refractivity contribution in [3.8, 4) is 5.75 Å². The molecule has 1 fully saturated rings. The van der Waals surface area contributed by atoms with Gasteiger partial charge < -0.3 is 24.5 Å². The van der Waals surface area contributed by atoms with Crippen LogP contribution in [-0.2, 0) is 13.1 Å². The number of rotatable bonds is 10. The summed E-state index contributed by atoms with van der Waals surface area (Å²) in [6.45, 7) is 4.28. The number of aryl methyl sites for hydroxylation is 1. The molecule has 1 aliphatic rings. The predicted molar refractivity (Wildman–Crippen MR) is 111 cm³/mol. The number of aliphatic hydroxyl groups excluding tert-OH is 1. The Morgan fingerprint density at radius 1 is 1.14 bits per heavy atom. The van der Waals surface area contributed by atoms with Crippen LogP contribution in [0, 0.1) is 6.92 Å². The molecule has 1 atom stereocenters. The Bertz CT molecular complexity index is 709. The highest BCUT2D eigenvalue weighted by atomic mass is 16.5. The first-order valence-electron chi connectivity index (χ1n) is 10.5. The number of ether oxygens (including phenoxy) is 1. The minimum Gasteiger partial charge on any atom is -0.491 e. The second kappa shape index (κ2) is 10.6. The second-order valence-electron chi connectivity index (χ2n) is 7.92. The van der Waals surface area contributed by atoms with Crippen LogP contribution < -0.4 is 10.1 Å². The van der Waals surface area contributed by atoms with Gasteiger partial charge >= 0.3 is 0 Å². The Morgan fingerprint density at radius 2 is 1.93 bits per heavy atom. The topological polar surface area (TPSA) is 57.9 Å². The van der Waals surface area contributed by atoms with E-state index in [-0.39, 0.29) is 0 Å². The molecule has 0 saturated heterocycles. The Balaban J connectivity index is 1.44. The quantitative estimate of drug-likeness (QED) is 0.649. The maximum absolute atomic E-state index is 10.4. The Kier molecular flexibility index (Phi) is 7.95. The first-order valence-corrected chi connectivity index (χ1v) is 10.5. The standard InChI is InChI=1S/C23H34N2O3/c1-18-12-13-22(28-18)15-24-14-19-8-6-7-11-23(19)27-17-21(26)16-25(2)20-9-4-3-5-10-20/h6-8,11-13,20-21,24,26H,3-5,9-10,14-17H2,1-2H3/t21-/m1/s1. The van der Waals surface area contributed by atoms with E-state index in [0.717, 1.165) is 22.8 Å². The third-order valence-electron chi connectivity index (χ3n) is 5.51. The molecule has 1 heterocycles. The van der Waals surface area contributed by atoms with E-state index in [9.17, 15) is 5.11 Å². The van der Waals surface area contributed by atoms with Gasteiger partial charge in [0.15, 0.2) is 0 Å². The van der Waals surface area contributed by atoms with E-state index in [2.05, 4.69) is 23.3 Å². The van der Waals surface area contributed by atoms with E-state index in [1.54, 1.807) is 0 Å². The van der Waals surface area contributed by atoms with Gasteiger partial charge in [0.1, 0.15) is 30.0 Å². The lowest BCUT2D eigenvalue weighted by atomic mass is 9.94. The maximum Gasteiger partial charge on any atom is 0.123 e. The predicted octanol–water partition coefficient (Wildman–Crippen LogP) is 3.88. The molecule has 1 aromatic carbocycles. The molecule has 0 aliphatic heterocycles. The van der Waals surface area contributed by atoms with Gasteiger partial charge in [-0.05, 0) is 45.0 Å². The lowest BCUT2D eigenvalue weighted by Gasteiger charge is -2.32. The lowest BCUT2D eigenvalue weighted by Crippen LogP contribution is -2.40. The summed E-state index contributed by atoms with van der Waals surface area (Å²) in [5.74, 6) is 2.68. The highest BCUT2D eigenvalue weighted by Gasteiger charge is 2.20. The van der Waals surface area contributed by atoms with Crippen molar-refractivity contribution in [2.45, 2.75) is 64.3 Å². The zero-order valence-corrected chi connectivity index (χ0v) is 17.2. The van der Waals surface area contributed by atoms with Gasteiger partial charge in [0.05, 0.1) is 6.54 Å². The first-order chi connectivity index (χ1) is 13.6. The van der Waals surface area contributed by atoms with Gasteiger partial charge in [0.2, 0.25) is 0 Å². The van der Waals surface area contributed by atoms with Crippen LogP contribution in [0.3, 0.4) is 0 Å². The van der Waals surface area contributed by atoms with Crippen molar-refractivity contribution in [2.75, 3.05) is 20.2 Å². The highest BCUT2D eigenvalue weighted by Crippen LogP contribution is 2.22. The summed E-state index contributed by atoms with van der Waals surface area (Å²) in [5, 5.41) is 13.8. The van der Waals surface area contributed by atoms with Crippen LogP contribution in [0.1, 0.15) is 49.2 Å². The smallest absolute Gasteiger partial charge is 0.123 e. The summed E-state index contributed by atoms with van der Waals surface area (Å²) < 4.78 is 11.5. The molecular weight excluding hydrogens is 352 g/mol. The molecule has 2 N–H and O–H groups in total. The number of furan rings is 1. The molecule has 1 saturated carbocycles. The van der Waals surface area contributed by atoms with E-state index >= 15 is 0 Å². The maximum atomic E-state index is 10.4. The number of nitrogens with zero attached hydrogens (tertiary/aromatic N) is 1. The van der Waals surface area contributed by atoms with Crippen molar-refractivity contribution in [1.29, 1.82) is 0 Å². The fraction of sp³-hybridized carbons (Fsp3) is 0.565. The minimum atomic E-state index is -0.487. The number of nitrogens with one attached hydrogen (secondary N) is 1. The zero-order valence-electron chi connectivity index (χ0n) is 17.2. The van der Waals surface area contributed by atoms with Crippen molar-refractivity contribution >= 4 is 0 Å². The van der Waals surface area contributed by atoms with Gasteiger partial charge in [-0.1, -0.05) is 37.5 Å². The monoisotopic (exact) mass is 386 g/mol. The van der Waals surface area contributed by atoms with E-state index in [1.807, 2.05) is 37.3 Å². The third-order valence-corrected chi connectivity index (χ3v) is 5.51. The Labute approximate surface area is 168 Å². The minimum absolute atomic E-state index is 0.311. The average Bonchev–Trinajstić information content (AvgIpc) is 3.13. The molecule has 28 heavy (non-hydrogen) atoms. The van der Waals surface area contributed by atoms with Gasteiger partial charge in [-0.2, -0.15) is 0 Å². The van der Waals surface area contributed by atoms with Crippen molar-refractivity contribution in [1.82, 2.24) is 10.2 Å². The molecule has 1 aliphatic carbocycles. The molecule has 3 rings (SSSR count). The van der Waals surface area contributed by atoms with Crippen LogP contribution in [0.25, 0.3) is 0 Å². The summed E-state index contributed by atoms with van der Waals surface area (Å²) in [6.07, 6.45) is 5.96. The molecule has 0 unspecified atom stereocenters. The fourth-order valence-corrected chi connectivity index (χ4v) is 3.93. The molecule has 0 bridgehead atoms. The van der Waals surface area contributed by atoms with Crippen LogP contribution in [0.5, 0.6) is 5.75 Å². The molecule has 1 aromatic heterocycles. The van der Waals surface area contributed by atoms with Crippen LogP contribution in [0.15, 0.2) is 40.8 Å². The number of para-hydroxylation sites is 1. The summed E-state index contributed by atoms with van der Waals surface area (Å²) in [5.41, 5.74) is 1.08. The number of hydrogen-bond acceptors (Lipinski definition) is 5. The van der Waals surface area contributed by atoms with Gasteiger partial charge in [-0.25, -0.2) is 0 Å². The zero-order chi connectivity index (χ0) is 19.8. The van der Waals surface area contributed by atoms with E-state index in [1.165, 1.54) is 32.1 Å². The van der Waals surface area contributed by atoms with E-state index in [0.29, 0.717) is 32.3 Å². The lowest BCUT2D eigenvalue weighted by molar-refractivity contribution is 0.0558. The molecule has 5 nitrogen and oxygen atoms in total. The number of aliphatic hydroxyl groups is 1. The van der Waals surface area contributed by atoms with E-state index < -0.39 is 6.10 Å². The normalized spacial score (nSPS) is 16.4. The largest absolute Gasteiger partial charge is 0.491 e. The van der Waals surface area contributed by atoms with Crippen molar-refractivity contribution in [2.24, 2.45) is 0 Å². The number of hydrogen-bond donors (Lipinski definition) is 2. The summed E-state index contributed by atoms with van der Waals surface area (Å²) in [4.78, 5) is 2.30. The van der Waals surface area contributed by atoms with Crippen LogP contribution in [0.4, 0.5) is 0 Å². The van der Waals surface area contributed by atoms with E-state index in [4.69, 9.17) is 9.15 Å². The first kappa shape index (κ1) is 20.9. The Morgan fingerprint density at radius 3 is 2.68 bits per heavy atom.